The molecule has 0 radical (unpaired) electrons. The fourth-order valence-electron chi connectivity index (χ4n) is 2.98. The first-order chi connectivity index (χ1) is 12.4. The first-order valence-electron chi connectivity index (χ1n) is 8.22. The van der Waals surface area contributed by atoms with Crippen molar-refractivity contribution in [2.75, 3.05) is 0 Å². The van der Waals surface area contributed by atoms with Crippen LogP contribution in [-0.4, -0.2) is 16.7 Å². The Bertz CT molecular complexity index is 981. The molecule has 6 heteroatoms. The summed E-state index contributed by atoms with van der Waals surface area (Å²) in [5.74, 6) is 1.02. The average molecular weight is 461 g/mol. The summed E-state index contributed by atoms with van der Waals surface area (Å²) in [4.78, 5) is 12.2. The van der Waals surface area contributed by atoms with Crippen LogP contribution >= 0.6 is 22.6 Å². The molecule has 26 heavy (non-hydrogen) atoms. The molecule has 0 aliphatic heterocycles. The molecule has 0 spiro atoms. The molecule has 0 bridgehead atoms. The van der Waals surface area contributed by atoms with E-state index in [2.05, 4.69) is 74.9 Å². The third-order valence-electron chi connectivity index (χ3n) is 4.21. The highest BCUT2D eigenvalue weighted by atomic mass is 127. The standard InChI is InChI=1S/C20H20IN3O2/c1-12-9-16(14(3)24(12)18-7-5-17(21)6-8-18)11-22-23-20(25)19-10-13(2)26-15(19)4/h5-11H,1-4H3,(H,23,25)/b22-11-. The third kappa shape index (κ3) is 3.75. The molecule has 1 N–H and O–H groups in total. The van der Waals surface area contributed by atoms with E-state index in [1.807, 2.05) is 13.8 Å². The van der Waals surface area contributed by atoms with Crippen molar-refractivity contribution in [3.05, 3.63) is 74.0 Å². The number of nitrogens with one attached hydrogen (secondary N) is 1. The number of amides is 1. The lowest BCUT2D eigenvalue weighted by atomic mass is 10.2. The number of aryl methyl sites for hydroxylation is 3. The van der Waals surface area contributed by atoms with E-state index in [-0.39, 0.29) is 5.91 Å². The monoisotopic (exact) mass is 461 g/mol. The Morgan fingerprint density at radius 1 is 1.15 bits per heavy atom. The number of hydrogen-bond donors (Lipinski definition) is 1. The first kappa shape index (κ1) is 18.4. The van der Waals surface area contributed by atoms with Gasteiger partial charge in [0.1, 0.15) is 11.5 Å². The van der Waals surface area contributed by atoms with Crippen LogP contribution in [-0.2, 0) is 0 Å². The molecule has 0 aliphatic carbocycles. The van der Waals surface area contributed by atoms with Crippen LogP contribution in [0, 0.1) is 31.3 Å². The largest absolute Gasteiger partial charge is 0.466 e. The lowest BCUT2D eigenvalue weighted by Crippen LogP contribution is -2.17. The number of rotatable bonds is 4. The van der Waals surface area contributed by atoms with Gasteiger partial charge in [-0.25, -0.2) is 5.43 Å². The van der Waals surface area contributed by atoms with Crippen LogP contribution in [0.3, 0.4) is 0 Å². The number of halogens is 1. The van der Waals surface area contributed by atoms with Crippen LogP contribution in [0.4, 0.5) is 0 Å². The quantitative estimate of drug-likeness (QED) is 0.349. The van der Waals surface area contributed by atoms with Crippen molar-refractivity contribution in [1.82, 2.24) is 9.99 Å². The highest BCUT2D eigenvalue weighted by Gasteiger charge is 2.13. The van der Waals surface area contributed by atoms with Gasteiger partial charge in [-0.2, -0.15) is 5.10 Å². The number of nitrogens with zero attached hydrogens (tertiary/aromatic N) is 2. The minimum Gasteiger partial charge on any atom is -0.466 e. The average Bonchev–Trinajstić information content (AvgIpc) is 3.07. The SMILES string of the molecule is Cc1cc(C(=O)N/N=C\c2cc(C)n(-c3ccc(I)cc3)c2C)c(C)o1. The van der Waals surface area contributed by atoms with Gasteiger partial charge in [-0.3, -0.25) is 4.79 Å². The summed E-state index contributed by atoms with van der Waals surface area (Å²) in [5.41, 5.74) is 7.31. The van der Waals surface area contributed by atoms with Gasteiger partial charge < -0.3 is 8.98 Å². The molecule has 1 aromatic carbocycles. The van der Waals surface area contributed by atoms with Gasteiger partial charge in [0.2, 0.25) is 0 Å². The second kappa shape index (κ2) is 7.49. The Labute approximate surface area is 166 Å². The van der Waals surface area contributed by atoms with Crippen LogP contribution in [0.5, 0.6) is 0 Å². The fourth-order valence-corrected chi connectivity index (χ4v) is 3.34. The number of carbonyl (C=O) groups is 1. The molecule has 5 nitrogen and oxygen atoms in total. The number of hydrazone groups is 1. The summed E-state index contributed by atoms with van der Waals surface area (Å²) in [6.07, 6.45) is 1.67. The molecule has 0 aliphatic rings. The van der Waals surface area contributed by atoms with Crippen molar-refractivity contribution >= 4 is 34.7 Å². The molecule has 3 aromatic rings. The minimum atomic E-state index is -0.276. The smallest absolute Gasteiger partial charge is 0.274 e. The number of furan rings is 1. The Kier molecular flexibility index (Phi) is 5.31. The molecule has 0 saturated heterocycles. The summed E-state index contributed by atoms with van der Waals surface area (Å²) in [7, 11) is 0. The van der Waals surface area contributed by atoms with Gasteiger partial charge in [-0.1, -0.05) is 0 Å². The van der Waals surface area contributed by atoms with Crippen LogP contribution in [0.2, 0.25) is 0 Å². The van der Waals surface area contributed by atoms with Crippen LogP contribution in [0.1, 0.15) is 38.8 Å². The molecular formula is C20H20IN3O2. The van der Waals surface area contributed by atoms with Crippen molar-refractivity contribution in [1.29, 1.82) is 0 Å². The Balaban J connectivity index is 1.79. The van der Waals surface area contributed by atoms with Gasteiger partial charge >= 0.3 is 0 Å². The summed E-state index contributed by atoms with van der Waals surface area (Å²) in [6.45, 7) is 7.67. The summed E-state index contributed by atoms with van der Waals surface area (Å²) in [6, 6.07) is 12.1. The maximum Gasteiger partial charge on any atom is 0.274 e. The molecule has 134 valence electrons. The Morgan fingerprint density at radius 2 is 1.85 bits per heavy atom. The van der Waals surface area contributed by atoms with E-state index in [0.717, 1.165) is 22.6 Å². The number of hydrogen-bond acceptors (Lipinski definition) is 3. The van der Waals surface area contributed by atoms with Gasteiger partial charge in [0.15, 0.2) is 0 Å². The summed E-state index contributed by atoms with van der Waals surface area (Å²) >= 11 is 2.29. The van der Waals surface area contributed by atoms with E-state index in [9.17, 15) is 4.79 Å². The highest BCUT2D eigenvalue weighted by Crippen LogP contribution is 2.20. The van der Waals surface area contributed by atoms with Crippen molar-refractivity contribution in [3.63, 3.8) is 0 Å². The number of carbonyl (C=O) groups excluding carboxylic acids is 1. The van der Waals surface area contributed by atoms with Crippen molar-refractivity contribution in [3.8, 4) is 5.69 Å². The molecule has 1 amide bonds. The second-order valence-electron chi connectivity index (χ2n) is 6.16. The predicted molar refractivity (Wildman–Crippen MR) is 111 cm³/mol. The van der Waals surface area contributed by atoms with Gasteiger partial charge in [0.25, 0.3) is 5.91 Å². The first-order valence-corrected chi connectivity index (χ1v) is 9.30. The van der Waals surface area contributed by atoms with E-state index in [4.69, 9.17) is 4.42 Å². The van der Waals surface area contributed by atoms with Crippen LogP contribution in [0.25, 0.3) is 5.69 Å². The van der Waals surface area contributed by atoms with Gasteiger partial charge in [-0.15, -0.1) is 0 Å². The Morgan fingerprint density at radius 3 is 2.46 bits per heavy atom. The molecule has 3 rings (SSSR count). The van der Waals surface area contributed by atoms with Gasteiger partial charge in [0, 0.05) is 26.2 Å². The van der Waals surface area contributed by atoms with E-state index in [1.54, 1.807) is 19.2 Å². The molecule has 0 saturated carbocycles. The lowest BCUT2D eigenvalue weighted by Gasteiger charge is -2.09. The zero-order valence-corrected chi connectivity index (χ0v) is 17.3. The van der Waals surface area contributed by atoms with E-state index in [1.165, 1.54) is 3.57 Å². The molecule has 2 aromatic heterocycles. The van der Waals surface area contributed by atoms with Crippen LogP contribution in [0.15, 0.2) is 45.9 Å². The van der Waals surface area contributed by atoms with Crippen molar-refractivity contribution in [2.45, 2.75) is 27.7 Å². The van der Waals surface area contributed by atoms with Gasteiger partial charge in [0.05, 0.1) is 11.8 Å². The third-order valence-corrected chi connectivity index (χ3v) is 4.93. The normalized spacial score (nSPS) is 11.3. The number of aromatic nitrogens is 1. The number of benzene rings is 1. The molecule has 2 heterocycles. The summed E-state index contributed by atoms with van der Waals surface area (Å²) < 4.78 is 8.75. The summed E-state index contributed by atoms with van der Waals surface area (Å²) in [5, 5.41) is 4.11. The molecular weight excluding hydrogens is 441 g/mol. The highest BCUT2D eigenvalue weighted by molar-refractivity contribution is 14.1. The van der Waals surface area contributed by atoms with E-state index >= 15 is 0 Å². The van der Waals surface area contributed by atoms with E-state index < -0.39 is 0 Å². The zero-order chi connectivity index (χ0) is 18.8. The van der Waals surface area contributed by atoms with Crippen molar-refractivity contribution in [2.24, 2.45) is 5.10 Å². The van der Waals surface area contributed by atoms with E-state index in [0.29, 0.717) is 17.1 Å². The maximum absolute atomic E-state index is 12.2. The van der Waals surface area contributed by atoms with Crippen molar-refractivity contribution < 1.29 is 9.21 Å². The zero-order valence-electron chi connectivity index (χ0n) is 15.1. The maximum atomic E-state index is 12.2. The second-order valence-corrected chi connectivity index (χ2v) is 7.41. The topological polar surface area (TPSA) is 59.5 Å². The molecule has 0 fully saturated rings. The fraction of sp³-hybridized carbons (Fsp3) is 0.200. The van der Waals surface area contributed by atoms with Crippen LogP contribution < -0.4 is 5.43 Å². The Hall–Kier alpha value is -2.35. The minimum absolute atomic E-state index is 0.276. The predicted octanol–water partition coefficient (Wildman–Crippen LogP) is 4.67. The molecule has 0 atom stereocenters. The lowest BCUT2D eigenvalue weighted by molar-refractivity contribution is 0.0953. The molecule has 0 unspecified atom stereocenters. The van der Waals surface area contributed by atoms with Gasteiger partial charge in [-0.05, 0) is 86.7 Å².